The molecule has 0 aromatic carbocycles. The molecule has 0 bridgehead atoms. The number of nitrogen functional groups attached to an aromatic ring is 1. The number of aryl methyl sites for hydroxylation is 2. The first-order chi connectivity index (χ1) is 6.38. The van der Waals surface area contributed by atoms with Crippen molar-refractivity contribution in [1.82, 2.24) is 9.78 Å². The van der Waals surface area contributed by atoms with Crippen LogP contribution in [0, 0.1) is 6.92 Å². The highest BCUT2D eigenvalue weighted by molar-refractivity contribution is 8.00. The Labute approximate surface area is 90.1 Å². The van der Waals surface area contributed by atoms with Crippen molar-refractivity contribution in [3.63, 3.8) is 0 Å². The lowest BCUT2D eigenvalue weighted by atomic mass is 10.3. The fourth-order valence-electron chi connectivity index (χ4n) is 1.09. The molecule has 4 heteroatoms. The molecule has 1 aromatic heterocycles. The number of anilines is 1. The molecule has 0 fully saturated rings. The summed E-state index contributed by atoms with van der Waals surface area (Å²) in [6.45, 7) is 9.53. The van der Waals surface area contributed by atoms with Crippen LogP contribution in [0.25, 0.3) is 0 Å². The van der Waals surface area contributed by atoms with Crippen LogP contribution >= 0.6 is 11.8 Å². The number of hydrogen-bond donors (Lipinski definition) is 1. The fourth-order valence-corrected chi connectivity index (χ4v) is 1.98. The molecule has 0 atom stereocenters. The molecule has 14 heavy (non-hydrogen) atoms. The SMILES string of the molecule is Cc1nn(CCSC(C)(C)C)cc1N. The van der Waals surface area contributed by atoms with E-state index < -0.39 is 0 Å². The van der Waals surface area contributed by atoms with Gasteiger partial charge in [0, 0.05) is 16.7 Å². The van der Waals surface area contributed by atoms with Gasteiger partial charge in [0.05, 0.1) is 17.9 Å². The van der Waals surface area contributed by atoms with Gasteiger partial charge in [0.1, 0.15) is 0 Å². The first kappa shape index (κ1) is 11.4. The lowest BCUT2D eigenvalue weighted by Gasteiger charge is -2.17. The summed E-state index contributed by atoms with van der Waals surface area (Å²) in [5, 5.41) is 4.31. The van der Waals surface area contributed by atoms with E-state index in [0.717, 1.165) is 23.7 Å². The second-order valence-electron chi connectivity index (χ2n) is 4.39. The minimum atomic E-state index is 0.327. The molecular weight excluding hydrogens is 194 g/mol. The maximum atomic E-state index is 5.71. The topological polar surface area (TPSA) is 43.8 Å². The zero-order valence-electron chi connectivity index (χ0n) is 9.37. The van der Waals surface area contributed by atoms with Gasteiger partial charge in [0.15, 0.2) is 0 Å². The molecule has 0 aliphatic carbocycles. The Hall–Kier alpha value is -0.640. The molecule has 1 heterocycles. The Balaban J connectivity index is 2.39. The maximum Gasteiger partial charge on any atom is 0.0822 e. The third-order valence-electron chi connectivity index (χ3n) is 1.84. The second-order valence-corrected chi connectivity index (χ2v) is 6.32. The molecule has 0 unspecified atom stereocenters. The summed E-state index contributed by atoms with van der Waals surface area (Å²) < 4.78 is 2.25. The lowest BCUT2D eigenvalue weighted by Crippen LogP contribution is -2.11. The van der Waals surface area contributed by atoms with Crippen molar-refractivity contribution < 1.29 is 0 Å². The van der Waals surface area contributed by atoms with Gasteiger partial charge in [-0.2, -0.15) is 16.9 Å². The van der Waals surface area contributed by atoms with E-state index in [1.54, 1.807) is 0 Å². The summed E-state index contributed by atoms with van der Waals surface area (Å²) in [5.74, 6) is 1.07. The van der Waals surface area contributed by atoms with Crippen LogP contribution in [-0.2, 0) is 6.54 Å². The molecule has 0 radical (unpaired) electrons. The predicted octanol–water partition coefficient (Wildman–Crippen LogP) is 2.31. The van der Waals surface area contributed by atoms with Crippen LogP contribution in [0.4, 0.5) is 5.69 Å². The number of nitrogens with two attached hydrogens (primary N) is 1. The van der Waals surface area contributed by atoms with Gasteiger partial charge in [0.2, 0.25) is 0 Å². The van der Waals surface area contributed by atoms with E-state index in [-0.39, 0.29) is 0 Å². The van der Waals surface area contributed by atoms with Crippen LogP contribution in [-0.4, -0.2) is 20.3 Å². The minimum Gasteiger partial charge on any atom is -0.396 e. The normalized spacial score (nSPS) is 12.0. The molecular formula is C10H19N3S. The van der Waals surface area contributed by atoms with Crippen molar-refractivity contribution in [2.24, 2.45) is 0 Å². The minimum absolute atomic E-state index is 0.327. The number of nitrogens with zero attached hydrogens (tertiary/aromatic N) is 2. The molecule has 2 N–H and O–H groups in total. The summed E-state index contributed by atoms with van der Waals surface area (Å²) in [6, 6.07) is 0. The maximum absolute atomic E-state index is 5.71. The van der Waals surface area contributed by atoms with E-state index in [1.165, 1.54) is 0 Å². The third kappa shape index (κ3) is 3.62. The van der Waals surface area contributed by atoms with Crippen molar-refractivity contribution in [2.75, 3.05) is 11.5 Å². The van der Waals surface area contributed by atoms with Gasteiger partial charge in [0.25, 0.3) is 0 Å². The van der Waals surface area contributed by atoms with Crippen LogP contribution in [0.3, 0.4) is 0 Å². The number of aromatic nitrogens is 2. The van der Waals surface area contributed by atoms with Crippen molar-refractivity contribution >= 4 is 17.4 Å². The highest BCUT2D eigenvalue weighted by atomic mass is 32.2. The molecule has 0 aliphatic heterocycles. The Morgan fingerprint density at radius 3 is 2.57 bits per heavy atom. The largest absolute Gasteiger partial charge is 0.396 e. The van der Waals surface area contributed by atoms with E-state index in [2.05, 4.69) is 25.9 Å². The molecule has 1 rings (SSSR count). The van der Waals surface area contributed by atoms with Crippen LogP contribution in [0.2, 0.25) is 0 Å². The van der Waals surface area contributed by atoms with Crippen molar-refractivity contribution in [1.29, 1.82) is 0 Å². The zero-order chi connectivity index (χ0) is 10.8. The van der Waals surface area contributed by atoms with E-state index in [4.69, 9.17) is 5.73 Å². The van der Waals surface area contributed by atoms with Crippen LogP contribution < -0.4 is 5.73 Å². The van der Waals surface area contributed by atoms with E-state index in [9.17, 15) is 0 Å². The van der Waals surface area contributed by atoms with Crippen LogP contribution in [0.15, 0.2) is 6.20 Å². The number of hydrogen-bond acceptors (Lipinski definition) is 3. The van der Waals surface area contributed by atoms with Crippen molar-refractivity contribution in [3.8, 4) is 0 Å². The van der Waals surface area contributed by atoms with Crippen LogP contribution in [0.1, 0.15) is 26.5 Å². The zero-order valence-corrected chi connectivity index (χ0v) is 10.2. The molecule has 0 spiro atoms. The summed E-state index contributed by atoms with van der Waals surface area (Å²) in [6.07, 6.45) is 1.90. The highest BCUT2D eigenvalue weighted by Crippen LogP contribution is 2.23. The van der Waals surface area contributed by atoms with Gasteiger partial charge in [-0.15, -0.1) is 0 Å². The molecule has 0 aliphatic rings. The van der Waals surface area contributed by atoms with Gasteiger partial charge in [-0.25, -0.2) is 0 Å². The summed E-state index contributed by atoms with van der Waals surface area (Å²) in [4.78, 5) is 0. The Morgan fingerprint density at radius 1 is 1.50 bits per heavy atom. The summed E-state index contributed by atoms with van der Waals surface area (Å²) >= 11 is 1.94. The monoisotopic (exact) mass is 213 g/mol. The average Bonchev–Trinajstić information content (AvgIpc) is 2.28. The van der Waals surface area contributed by atoms with Gasteiger partial charge >= 0.3 is 0 Å². The first-order valence-electron chi connectivity index (χ1n) is 4.82. The molecule has 3 nitrogen and oxygen atoms in total. The van der Waals surface area contributed by atoms with Gasteiger partial charge in [-0.05, 0) is 6.92 Å². The van der Waals surface area contributed by atoms with Crippen LogP contribution in [0.5, 0.6) is 0 Å². The summed E-state index contributed by atoms with van der Waals surface area (Å²) in [7, 11) is 0. The molecule has 1 aromatic rings. The van der Waals surface area contributed by atoms with Gasteiger partial charge in [-0.3, -0.25) is 4.68 Å². The van der Waals surface area contributed by atoms with Gasteiger partial charge in [-0.1, -0.05) is 20.8 Å². The van der Waals surface area contributed by atoms with E-state index in [1.807, 2.05) is 29.6 Å². The lowest BCUT2D eigenvalue weighted by molar-refractivity contribution is 0.656. The van der Waals surface area contributed by atoms with E-state index >= 15 is 0 Å². The van der Waals surface area contributed by atoms with E-state index in [0.29, 0.717) is 4.75 Å². The molecule has 0 saturated heterocycles. The number of rotatable bonds is 3. The second kappa shape index (κ2) is 4.26. The fraction of sp³-hybridized carbons (Fsp3) is 0.700. The Morgan fingerprint density at radius 2 is 2.14 bits per heavy atom. The quantitative estimate of drug-likeness (QED) is 0.838. The Bertz CT molecular complexity index is 279. The highest BCUT2D eigenvalue weighted by Gasteiger charge is 2.10. The molecule has 80 valence electrons. The van der Waals surface area contributed by atoms with Gasteiger partial charge < -0.3 is 5.73 Å². The molecule has 0 amide bonds. The smallest absolute Gasteiger partial charge is 0.0822 e. The van der Waals surface area contributed by atoms with Crippen molar-refractivity contribution in [3.05, 3.63) is 11.9 Å². The predicted molar refractivity (Wildman–Crippen MR) is 63.6 cm³/mol. The number of thioether (sulfide) groups is 1. The first-order valence-corrected chi connectivity index (χ1v) is 5.80. The Kier molecular flexibility index (Phi) is 3.48. The standard InChI is InChI=1S/C10H19N3S/c1-8-9(11)7-13(12-8)5-6-14-10(2,3)4/h7H,5-6,11H2,1-4H3. The van der Waals surface area contributed by atoms with Crippen molar-refractivity contribution in [2.45, 2.75) is 39.0 Å². The summed E-state index contributed by atoms with van der Waals surface area (Å²) in [5.41, 5.74) is 7.41. The average molecular weight is 213 g/mol. The molecule has 0 saturated carbocycles. The third-order valence-corrected chi connectivity index (χ3v) is 3.09.